The van der Waals surface area contributed by atoms with Crippen LogP contribution in [0, 0.1) is 5.82 Å². The topological polar surface area (TPSA) is 97.9 Å². The molecule has 5 aromatic rings. The third-order valence-corrected chi connectivity index (χ3v) is 5.26. The minimum absolute atomic E-state index is 0.244. The fourth-order valence-corrected chi connectivity index (χ4v) is 3.58. The number of nitrogens with one attached hydrogen (secondary N) is 2. The van der Waals surface area contributed by atoms with Crippen LogP contribution in [0.1, 0.15) is 5.56 Å². The van der Waals surface area contributed by atoms with Crippen LogP contribution in [0.4, 0.5) is 20.6 Å². The standard InChI is InChI=1S/C25H18ClFN6O2/c26-18-4-2-6-21(12-18)30-25(34)29-20-9-7-16(8-10-20)13-33-14-22(28-15-33)24-31-23(32-35-24)17-3-1-5-19(27)11-17/h1-12,14-15H,13H2,(H2,29,30,34). The lowest BCUT2D eigenvalue weighted by molar-refractivity contribution is 0.262. The van der Waals surface area contributed by atoms with E-state index in [1.54, 1.807) is 48.9 Å². The molecular weight excluding hydrogens is 471 g/mol. The van der Waals surface area contributed by atoms with Gasteiger partial charge in [-0.2, -0.15) is 4.98 Å². The molecule has 0 bridgehead atoms. The van der Waals surface area contributed by atoms with E-state index >= 15 is 0 Å². The number of hydrogen-bond acceptors (Lipinski definition) is 5. The van der Waals surface area contributed by atoms with E-state index in [-0.39, 0.29) is 23.6 Å². The van der Waals surface area contributed by atoms with Crippen molar-refractivity contribution < 1.29 is 13.7 Å². The maximum atomic E-state index is 13.5. The summed E-state index contributed by atoms with van der Waals surface area (Å²) in [5.41, 5.74) is 3.29. The fraction of sp³-hybridized carbons (Fsp3) is 0.0400. The van der Waals surface area contributed by atoms with E-state index in [0.717, 1.165) is 5.56 Å². The highest BCUT2D eigenvalue weighted by Crippen LogP contribution is 2.22. The molecular formula is C25H18ClFN6O2. The van der Waals surface area contributed by atoms with E-state index in [1.165, 1.54) is 12.1 Å². The van der Waals surface area contributed by atoms with Crippen LogP contribution >= 0.6 is 11.6 Å². The number of benzene rings is 3. The molecule has 0 aliphatic rings. The van der Waals surface area contributed by atoms with E-state index in [9.17, 15) is 9.18 Å². The quantitative estimate of drug-likeness (QED) is 0.301. The van der Waals surface area contributed by atoms with Gasteiger partial charge in [0.2, 0.25) is 5.82 Å². The Hall–Kier alpha value is -4.50. The highest BCUT2D eigenvalue weighted by Gasteiger charge is 2.14. The molecule has 0 radical (unpaired) electrons. The number of urea groups is 1. The van der Waals surface area contributed by atoms with Crippen LogP contribution in [0.5, 0.6) is 0 Å². The van der Waals surface area contributed by atoms with Gasteiger partial charge in [0.05, 0.1) is 6.33 Å². The van der Waals surface area contributed by atoms with Gasteiger partial charge < -0.3 is 19.7 Å². The zero-order valence-electron chi connectivity index (χ0n) is 18.2. The second kappa shape index (κ2) is 9.78. The molecule has 0 saturated carbocycles. The van der Waals surface area contributed by atoms with Crippen LogP contribution < -0.4 is 10.6 Å². The third kappa shape index (κ3) is 5.53. The fourth-order valence-electron chi connectivity index (χ4n) is 3.39. The summed E-state index contributed by atoms with van der Waals surface area (Å²) in [7, 11) is 0. The Morgan fingerprint density at radius 2 is 1.80 bits per heavy atom. The van der Waals surface area contributed by atoms with E-state index in [0.29, 0.717) is 34.2 Å². The summed E-state index contributed by atoms with van der Waals surface area (Å²) < 4.78 is 20.6. The minimum atomic E-state index is -0.374. The van der Waals surface area contributed by atoms with Crippen molar-refractivity contribution in [3.8, 4) is 23.0 Å². The largest absolute Gasteiger partial charge is 0.332 e. The van der Waals surface area contributed by atoms with Crippen LogP contribution in [-0.2, 0) is 6.54 Å². The summed E-state index contributed by atoms with van der Waals surface area (Å²) in [5, 5.41) is 9.97. The second-order valence-electron chi connectivity index (χ2n) is 7.65. The Labute approximate surface area is 204 Å². The lowest BCUT2D eigenvalue weighted by atomic mass is 10.2. The van der Waals surface area contributed by atoms with Crippen molar-refractivity contribution in [2.24, 2.45) is 0 Å². The van der Waals surface area contributed by atoms with Gasteiger partial charge in [0.1, 0.15) is 11.5 Å². The first-order chi connectivity index (χ1) is 17.0. The van der Waals surface area contributed by atoms with Gasteiger partial charge in [-0.25, -0.2) is 14.2 Å². The van der Waals surface area contributed by atoms with Gasteiger partial charge in [-0.1, -0.05) is 47.1 Å². The molecule has 0 fully saturated rings. The Bertz CT molecular complexity index is 1480. The van der Waals surface area contributed by atoms with Crippen LogP contribution in [-0.4, -0.2) is 25.7 Å². The van der Waals surface area contributed by atoms with Gasteiger partial charge in [-0.15, -0.1) is 0 Å². The summed E-state index contributed by atoms with van der Waals surface area (Å²) in [5.74, 6) is 0.158. The number of amides is 2. The first-order valence-electron chi connectivity index (χ1n) is 10.6. The molecule has 8 nitrogen and oxygen atoms in total. The summed E-state index contributed by atoms with van der Waals surface area (Å²) in [6.07, 6.45) is 3.44. The molecule has 0 aliphatic carbocycles. The average Bonchev–Trinajstić information content (AvgIpc) is 3.50. The summed E-state index contributed by atoms with van der Waals surface area (Å²) in [6, 6.07) is 20.0. The van der Waals surface area contributed by atoms with Crippen LogP contribution in [0.15, 0.2) is 89.8 Å². The molecule has 2 N–H and O–H groups in total. The number of aromatic nitrogens is 4. The number of hydrogen-bond donors (Lipinski definition) is 2. The maximum absolute atomic E-state index is 13.5. The first kappa shape index (κ1) is 22.3. The number of anilines is 2. The maximum Gasteiger partial charge on any atom is 0.323 e. The number of halogens is 2. The zero-order valence-corrected chi connectivity index (χ0v) is 18.9. The summed E-state index contributed by atoms with van der Waals surface area (Å²) >= 11 is 5.94. The van der Waals surface area contributed by atoms with Gasteiger partial charge in [0.25, 0.3) is 5.89 Å². The molecule has 5 rings (SSSR count). The van der Waals surface area contributed by atoms with E-state index < -0.39 is 0 Å². The van der Waals surface area contributed by atoms with Gasteiger partial charge in [-0.05, 0) is 48.0 Å². The molecule has 2 aromatic heterocycles. The van der Waals surface area contributed by atoms with Crippen molar-refractivity contribution in [3.63, 3.8) is 0 Å². The van der Waals surface area contributed by atoms with Gasteiger partial charge in [0, 0.05) is 34.7 Å². The summed E-state index contributed by atoms with van der Waals surface area (Å²) in [6.45, 7) is 0.548. The Morgan fingerprint density at radius 3 is 2.60 bits per heavy atom. The van der Waals surface area contributed by atoms with Crippen LogP contribution in [0.3, 0.4) is 0 Å². The van der Waals surface area contributed by atoms with Crippen LogP contribution in [0.25, 0.3) is 23.0 Å². The Morgan fingerprint density at radius 1 is 1.00 bits per heavy atom. The number of imidazole rings is 1. The molecule has 0 spiro atoms. The molecule has 3 aromatic carbocycles. The zero-order chi connectivity index (χ0) is 24.2. The highest BCUT2D eigenvalue weighted by molar-refractivity contribution is 6.30. The van der Waals surface area contributed by atoms with E-state index in [1.807, 2.05) is 28.8 Å². The monoisotopic (exact) mass is 488 g/mol. The Kier molecular flexibility index (Phi) is 6.23. The van der Waals surface area contributed by atoms with Gasteiger partial charge in [-0.3, -0.25) is 0 Å². The highest BCUT2D eigenvalue weighted by atomic mass is 35.5. The summed E-state index contributed by atoms with van der Waals surface area (Å²) in [4.78, 5) is 20.8. The van der Waals surface area contributed by atoms with Gasteiger partial charge >= 0.3 is 6.03 Å². The van der Waals surface area contributed by atoms with Crippen LogP contribution in [0.2, 0.25) is 5.02 Å². The first-order valence-corrected chi connectivity index (χ1v) is 10.9. The Balaban J connectivity index is 1.20. The number of carbonyl (C=O) groups is 1. The lowest BCUT2D eigenvalue weighted by Gasteiger charge is -2.09. The minimum Gasteiger partial charge on any atom is -0.332 e. The lowest BCUT2D eigenvalue weighted by Crippen LogP contribution is -2.19. The van der Waals surface area contributed by atoms with E-state index in [4.69, 9.17) is 16.1 Å². The molecule has 0 atom stereocenters. The predicted molar refractivity (Wildman–Crippen MR) is 131 cm³/mol. The molecule has 0 unspecified atom stereocenters. The number of rotatable bonds is 6. The van der Waals surface area contributed by atoms with Crippen molar-refractivity contribution >= 4 is 29.0 Å². The number of carbonyl (C=O) groups excluding carboxylic acids is 1. The van der Waals surface area contributed by atoms with Crippen molar-refractivity contribution in [1.29, 1.82) is 0 Å². The van der Waals surface area contributed by atoms with E-state index in [2.05, 4.69) is 25.8 Å². The van der Waals surface area contributed by atoms with Crippen molar-refractivity contribution in [1.82, 2.24) is 19.7 Å². The predicted octanol–water partition coefficient (Wildman–Crippen LogP) is 6.08. The molecule has 10 heteroatoms. The molecule has 2 amide bonds. The molecule has 35 heavy (non-hydrogen) atoms. The smallest absolute Gasteiger partial charge is 0.323 e. The van der Waals surface area contributed by atoms with Crippen molar-refractivity contribution in [3.05, 3.63) is 102 Å². The second-order valence-corrected chi connectivity index (χ2v) is 8.09. The number of nitrogens with zero attached hydrogens (tertiary/aromatic N) is 4. The SMILES string of the molecule is O=C(Nc1ccc(Cn2cnc(-c3nc(-c4cccc(F)c4)no3)c2)cc1)Nc1cccc(Cl)c1. The molecule has 2 heterocycles. The van der Waals surface area contributed by atoms with Crippen molar-refractivity contribution in [2.45, 2.75) is 6.54 Å². The van der Waals surface area contributed by atoms with Crippen molar-refractivity contribution in [2.75, 3.05) is 10.6 Å². The molecule has 174 valence electrons. The normalized spacial score (nSPS) is 10.8. The average molecular weight is 489 g/mol. The van der Waals surface area contributed by atoms with Gasteiger partial charge in [0.15, 0.2) is 0 Å². The molecule has 0 aliphatic heterocycles. The molecule has 0 saturated heterocycles. The third-order valence-electron chi connectivity index (χ3n) is 5.02.